The van der Waals surface area contributed by atoms with Gasteiger partial charge in [-0.1, -0.05) is 41.9 Å². The zero-order valence-electron chi connectivity index (χ0n) is 11.6. The maximum absolute atomic E-state index is 6.16. The van der Waals surface area contributed by atoms with E-state index in [-0.39, 0.29) is 0 Å². The van der Waals surface area contributed by atoms with Crippen LogP contribution in [0.15, 0.2) is 54.0 Å². The van der Waals surface area contributed by atoms with Crippen molar-refractivity contribution >= 4 is 35.1 Å². The molecule has 0 bridgehead atoms. The first-order valence-electron chi connectivity index (χ1n) is 6.43. The van der Waals surface area contributed by atoms with Gasteiger partial charge in [0.1, 0.15) is 12.4 Å². The minimum atomic E-state index is 0.425. The highest BCUT2D eigenvalue weighted by atomic mass is 35.5. The zero-order valence-corrected chi connectivity index (χ0v) is 13.2. The molecule has 0 spiro atoms. The molecule has 0 atom stereocenters. The van der Waals surface area contributed by atoms with E-state index < -0.39 is 0 Å². The van der Waals surface area contributed by atoms with E-state index in [0.29, 0.717) is 22.4 Å². The van der Waals surface area contributed by atoms with E-state index in [2.05, 4.69) is 11.6 Å². The van der Waals surface area contributed by atoms with E-state index in [1.54, 1.807) is 12.3 Å². The molecule has 108 valence electrons. The molecular formula is C17H15Cl2NO. The van der Waals surface area contributed by atoms with Gasteiger partial charge in [0.2, 0.25) is 0 Å². The number of hydrogen-bond donors (Lipinski definition) is 0. The summed E-state index contributed by atoms with van der Waals surface area (Å²) in [6.45, 7) is 6.02. The fraction of sp³-hybridized carbons (Fsp3) is 0.118. The predicted octanol–water partition coefficient (Wildman–Crippen LogP) is 5.62. The van der Waals surface area contributed by atoms with Crippen molar-refractivity contribution in [3.05, 3.63) is 70.2 Å². The Morgan fingerprint density at radius 1 is 1.19 bits per heavy atom. The van der Waals surface area contributed by atoms with Gasteiger partial charge in [0.05, 0.1) is 10.7 Å². The van der Waals surface area contributed by atoms with Crippen LogP contribution in [-0.4, -0.2) is 12.8 Å². The van der Waals surface area contributed by atoms with Crippen molar-refractivity contribution in [2.75, 3.05) is 6.61 Å². The van der Waals surface area contributed by atoms with Crippen LogP contribution in [0, 0.1) is 6.92 Å². The third-order valence-corrected chi connectivity index (χ3v) is 3.37. The number of ether oxygens (including phenoxy) is 1. The van der Waals surface area contributed by atoms with Crippen LogP contribution in [-0.2, 0) is 0 Å². The molecule has 0 aliphatic carbocycles. The molecule has 0 N–H and O–H groups in total. The molecule has 2 nitrogen and oxygen atoms in total. The van der Waals surface area contributed by atoms with Crippen molar-refractivity contribution in [2.24, 2.45) is 4.99 Å². The second-order valence-electron chi connectivity index (χ2n) is 4.48. The maximum atomic E-state index is 6.16. The summed E-state index contributed by atoms with van der Waals surface area (Å²) in [5, 5.41) is 1.21. The van der Waals surface area contributed by atoms with E-state index in [1.165, 1.54) is 0 Å². The topological polar surface area (TPSA) is 21.6 Å². The molecular weight excluding hydrogens is 305 g/mol. The predicted molar refractivity (Wildman–Crippen MR) is 90.6 cm³/mol. The van der Waals surface area contributed by atoms with Crippen molar-refractivity contribution in [3.8, 4) is 5.75 Å². The molecule has 0 aromatic heterocycles. The number of hydrogen-bond acceptors (Lipinski definition) is 2. The Bertz CT molecular complexity index is 680. The van der Waals surface area contributed by atoms with Crippen LogP contribution >= 0.6 is 23.2 Å². The molecule has 0 amide bonds. The Morgan fingerprint density at radius 2 is 2.00 bits per heavy atom. The van der Waals surface area contributed by atoms with Crippen LogP contribution < -0.4 is 4.74 Å². The SMILES string of the molecule is C=CCOc1ccc(C=Nc2cc(Cl)ccc2C)cc1Cl. The molecule has 0 aliphatic rings. The first kappa shape index (κ1) is 15.6. The fourth-order valence-electron chi connectivity index (χ4n) is 1.73. The summed E-state index contributed by atoms with van der Waals surface area (Å²) in [4.78, 5) is 4.44. The zero-order chi connectivity index (χ0) is 15.2. The first-order chi connectivity index (χ1) is 10.1. The van der Waals surface area contributed by atoms with Crippen LogP contribution in [0.1, 0.15) is 11.1 Å². The van der Waals surface area contributed by atoms with Crippen LogP contribution in [0.25, 0.3) is 0 Å². The molecule has 0 fully saturated rings. The van der Waals surface area contributed by atoms with Crippen molar-refractivity contribution in [1.29, 1.82) is 0 Å². The van der Waals surface area contributed by atoms with Gasteiger partial charge in [-0.25, -0.2) is 0 Å². The van der Waals surface area contributed by atoms with Crippen molar-refractivity contribution in [2.45, 2.75) is 6.92 Å². The molecule has 0 heterocycles. The van der Waals surface area contributed by atoms with E-state index in [4.69, 9.17) is 27.9 Å². The quantitative estimate of drug-likeness (QED) is 0.518. The van der Waals surface area contributed by atoms with Crippen molar-refractivity contribution in [1.82, 2.24) is 0 Å². The monoisotopic (exact) mass is 319 g/mol. The highest BCUT2D eigenvalue weighted by molar-refractivity contribution is 6.32. The molecule has 0 radical (unpaired) electrons. The fourth-order valence-corrected chi connectivity index (χ4v) is 2.14. The minimum Gasteiger partial charge on any atom is -0.488 e. The second kappa shape index (κ2) is 7.30. The summed E-state index contributed by atoms with van der Waals surface area (Å²) in [5.74, 6) is 0.632. The van der Waals surface area contributed by atoms with Gasteiger partial charge < -0.3 is 4.74 Å². The van der Waals surface area contributed by atoms with E-state index in [9.17, 15) is 0 Å². The second-order valence-corrected chi connectivity index (χ2v) is 5.32. The summed E-state index contributed by atoms with van der Waals surface area (Å²) >= 11 is 12.1. The molecule has 0 unspecified atom stereocenters. The summed E-state index contributed by atoms with van der Waals surface area (Å²) in [6, 6.07) is 11.1. The van der Waals surface area contributed by atoms with Gasteiger partial charge in [-0.05, 0) is 48.4 Å². The molecule has 2 aromatic rings. The number of aryl methyl sites for hydroxylation is 1. The highest BCUT2D eigenvalue weighted by Gasteiger charge is 2.02. The largest absolute Gasteiger partial charge is 0.488 e. The number of nitrogens with zero attached hydrogens (tertiary/aromatic N) is 1. The molecule has 0 saturated heterocycles. The Kier molecular flexibility index (Phi) is 5.43. The van der Waals surface area contributed by atoms with Crippen molar-refractivity contribution in [3.63, 3.8) is 0 Å². The summed E-state index contributed by atoms with van der Waals surface area (Å²) in [5.41, 5.74) is 2.80. The average molecular weight is 320 g/mol. The molecule has 4 heteroatoms. The normalized spacial score (nSPS) is 10.8. The number of aliphatic imine (C=N–C) groups is 1. The van der Waals surface area contributed by atoms with Gasteiger partial charge in [-0.15, -0.1) is 0 Å². The standard InChI is InChI=1S/C17H15Cl2NO/c1-3-8-21-17-7-5-13(9-15(17)19)11-20-16-10-14(18)6-4-12(16)2/h3-7,9-11H,1,8H2,2H3. The number of halogens is 2. The van der Waals surface area contributed by atoms with Gasteiger partial charge in [0.15, 0.2) is 0 Å². The van der Waals surface area contributed by atoms with Gasteiger partial charge >= 0.3 is 0 Å². The van der Waals surface area contributed by atoms with Gasteiger partial charge in [0.25, 0.3) is 0 Å². The molecule has 0 aliphatic heterocycles. The molecule has 0 saturated carbocycles. The lowest BCUT2D eigenvalue weighted by atomic mass is 10.2. The summed E-state index contributed by atoms with van der Waals surface area (Å²) < 4.78 is 5.43. The Morgan fingerprint density at radius 3 is 2.71 bits per heavy atom. The van der Waals surface area contributed by atoms with E-state index in [0.717, 1.165) is 16.8 Å². The van der Waals surface area contributed by atoms with Gasteiger partial charge in [-0.2, -0.15) is 0 Å². The smallest absolute Gasteiger partial charge is 0.138 e. The van der Waals surface area contributed by atoms with Crippen LogP contribution in [0.3, 0.4) is 0 Å². The third kappa shape index (κ3) is 4.35. The molecule has 21 heavy (non-hydrogen) atoms. The summed E-state index contributed by atoms with van der Waals surface area (Å²) in [7, 11) is 0. The van der Waals surface area contributed by atoms with Gasteiger partial charge in [-0.3, -0.25) is 4.99 Å². The first-order valence-corrected chi connectivity index (χ1v) is 7.19. The number of rotatable bonds is 5. The lowest BCUT2D eigenvalue weighted by Gasteiger charge is -2.06. The van der Waals surface area contributed by atoms with Crippen LogP contribution in [0.2, 0.25) is 10.0 Å². The average Bonchev–Trinajstić information content (AvgIpc) is 2.47. The lowest BCUT2D eigenvalue weighted by molar-refractivity contribution is 0.363. The Hall–Kier alpha value is -1.77. The number of benzene rings is 2. The van der Waals surface area contributed by atoms with Crippen LogP contribution in [0.5, 0.6) is 5.75 Å². The minimum absolute atomic E-state index is 0.425. The Labute approximate surface area is 134 Å². The van der Waals surface area contributed by atoms with Gasteiger partial charge in [0, 0.05) is 11.2 Å². The molecule has 2 rings (SSSR count). The maximum Gasteiger partial charge on any atom is 0.138 e. The van der Waals surface area contributed by atoms with E-state index >= 15 is 0 Å². The highest BCUT2D eigenvalue weighted by Crippen LogP contribution is 2.26. The lowest BCUT2D eigenvalue weighted by Crippen LogP contribution is -1.94. The third-order valence-electron chi connectivity index (χ3n) is 2.84. The van der Waals surface area contributed by atoms with Crippen LogP contribution in [0.4, 0.5) is 5.69 Å². The summed E-state index contributed by atoms with van der Waals surface area (Å²) in [6.07, 6.45) is 3.43. The van der Waals surface area contributed by atoms with Crippen molar-refractivity contribution < 1.29 is 4.74 Å². The van der Waals surface area contributed by atoms with E-state index in [1.807, 2.05) is 43.3 Å². The molecule has 2 aromatic carbocycles. The Balaban J connectivity index is 2.19.